The van der Waals surface area contributed by atoms with Crippen molar-refractivity contribution in [3.8, 4) is 61.3 Å². The van der Waals surface area contributed by atoms with Gasteiger partial charge in [-0.2, -0.15) is 0 Å². The Morgan fingerprint density at radius 3 is 1.33 bits per heavy atom. The molecule has 0 spiro atoms. The van der Waals surface area contributed by atoms with Crippen molar-refractivity contribution < 1.29 is 0 Å². The maximum Gasteiger partial charge on any atom is 0.0541 e. The standard InChI is InChI=1S/C64H44N2/c1-2-15-45(16-3-1)50-19-12-21-52(41-50)54-23-14-24-58(44-54)65(56-37-33-47(34-38-56)51-20-13-22-53(42-51)55-32-31-46-17-4-5-18-49(46)43-55)57-39-35-48(36-40-57)59-25-6-9-28-62(59)66-63-29-10-7-26-60(63)61-27-8-11-30-64(61)66/h1-44H. The van der Waals surface area contributed by atoms with Crippen LogP contribution >= 0.6 is 0 Å². The fraction of sp³-hybridized carbons (Fsp3) is 0. The molecule has 0 aliphatic carbocycles. The maximum atomic E-state index is 2.41. The molecule has 0 saturated carbocycles. The molecule has 66 heavy (non-hydrogen) atoms. The normalized spacial score (nSPS) is 11.3. The van der Waals surface area contributed by atoms with Crippen LogP contribution in [-0.4, -0.2) is 4.57 Å². The van der Waals surface area contributed by atoms with Gasteiger partial charge in [0.15, 0.2) is 0 Å². The van der Waals surface area contributed by atoms with Gasteiger partial charge >= 0.3 is 0 Å². The Balaban J connectivity index is 0.937. The van der Waals surface area contributed by atoms with Crippen molar-refractivity contribution in [1.29, 1.82) is 0 Å². The number of fused-ring (bicyclic) bond motifs is 4. The summed E-state index contributed by atoms with van der Waals surface area (Å²) in [5, 5.41) is 5.01. The highest BCUT2D eigenvalue weighted by molar-refractivity contribution is 6.09. The summed E-state index contributed by atoms with van der Waals surface area (Å²) in [4.78, 5) is 2.38. The first-order valence-corrected chi connectivity index (χ1v) is 22.7. The van der Waals surface area contributed by atoms with E-state index in [1.54, 1.807) is 0 Å². The summed E-state index contributed by atoms with van der Waals surface area (Å²) >= 11 is 0. The number of hydrogen-bond acceptors (Lipinski definition) is 1. The van der Waals surface area contributed by atoms with Crippen molar-refractivity contribution >= 4 is 49.6 Å². The Morgan fingerprint density at radius 2 is 0.682 bits per heavy atom. The second kappa shape index (κ2) is 16.8. The summed E-state index contributed by atoms with van der Waals surface area (Å²) in [6, 6.07) is 96.9. The minimum atomic E-state index is 1.08. The Labute approximate surface area is 385 Å². The molecule has 0 amide bonds. The molecule has 11 aromatic carbocycles. The summed E-state index contributed by atoms with van der Waals surface area (Å²) in [5.41, 5.74) is 18.7. The Kier molecular flexibility index (Phi) is 9.89. The van der Waals surface area contributed by atoms with Crippen molar-refractivity contribution in [2.75, 3.05) is 4.90 Å². The number of rotatable bonds is 9. The molecule has 0 aliphatic heterocycles. The van der Waals surface area contributed by atoms with Crippen LogP contribution in [0.1, 0.15) is 0 Å². The first kappa shape index (κ1) is 38.9. The van der Waals surface area contributed by atoms with E-state index in [0.29, 0.717) is 0 Å². The average Bonchev–Trinajstić information content (AvgIpc) is 3.74. The van der Waals surface area contributed by atoms with Crippen LogP contribution in [0, 0.1) is 0 Å². The van der Waals surface area contributed by atoms with Crippen molar-refractivity contribution in [3.05, 3.63) is 267 Å². The zero-order valence-electron chi connectivity index (χ0n) is 36.3. The molecular formula is C64H44N2. The lowest BCUT2D eigenvalue weighted by Gasteiger charge is -2.26. The molecule has 2 nitrogen and oxygen atoms in total. The monoisotopic (exact) mass is 840 g/mol. The summed E-state index contributed by atoms with van der Waals surface area (Å²) in [7, 11) is 0. The van der Waals surface area contributed by atoms with Crippen LogP contribution < -0.4 is 4.90 Å². The number of anilines is 3. The van der Waals surface area contributed by atoms with E-state index < -0.39 is 0 Å². The van der Waals surface area contributed by atoms with Gasteiger partial charge in [0.2, 0.25) is 0 Å². The molecule has 1 heterocycles. The summed E-state index contributed by atoms with van der Waals surface area (Å²) in [6.07, 6.45) is 0. The lowest BCUT2D eigenvalue weighted by Crippen LogP contribution is -2.10. The molecule has 0 N–H and O–H groups in total. The lowest BCUT2D eigenvalue weighted by molar-refractivity contribution is 1.18. The topological polar surface area (TPSA) is 8.17 Å². The molecule has 1 aromatic heterocycles. The van der Waals surface area contributed by atoms with E-state index >= 15 is 0 Å². The SMILES string of the molecule is c1ccc(-c2cccc(-c3cccc(N(c4ccc(-c5cccc(-c6ccc7ccccc7c6)c5)cc4)c4ccc(-c5ccccc5-n5c6ccccc6c6ccccc65)cc4)c3)c2)cc1. The number of nitrogens with zero attached hydrogens (tertiary/aromatic N) is 2. The van der Waals surface area contributed by atoms with Gasteiger partial charge in [-0.1, -0.05) is 194 Å². The first-order valence-electron chi connectivity index (χ1n) is 22.7. The van der Waals surface area contributed by atoms with E-state index in [-0.39, 0.29) is 0 Å². The third-order valence-electron chi connectivity index (χ3n) is 13.0. The van der Waals surface area contributed by atoms with Crippen LogP contribution in [0.5, 0.6) is 0 Å². The highest BCUT2D eigenvalue weighted by Gasteiger charge is 2.18. The number of para-hydroxylation sites is 3. The molecular weight excluding hydrogens is 797 g/mol. The molecule has 2 heteroatoms. The van der Waals surface area contributed by atoms with Crippen LogP contribution in [0.2, 0.25) is 0 Å². The van der Waals surface area contributed by atoms with E-state index in [1.807, 2.05) is 0 Å². The van der Waals surface area contributed by atoms with Crippen molar-refractivity contribution in [2.45, 2.75) is 0 Å². The lowest BCUT2D eigenvalue weighted by atomic mass is 9.97. The van der Waals surface area contributed by atoms with E-state index in [2.05, 4.69) is 276 Å². The largest absolute Gasteiger partial charge is 0.310 e. The van der Waals surface area contributed by atoms with E-state index in [4.69, 9.17) is 0 Å². The fourth-order valence-corrected chi connectivity index (χ4v) is 9.72. The maximum absolute atomic E-state index is 2.41. The predicted octanol–water partition coefficient (Wildman–Crippen LogP) is 17.7. The fourth-order valence-electron chi connectivity index (χ4n) is 9.72. The molecule has 12 rings (SSSR count). The van der Waals surface area contributed by atoms with Crippen LogP contribution in [-0.2, 0) is 0 Å². The smallest absolute Gasteiger partial charge is 0.0541 e. The van der Waals surface area contributed by atoms with Gasteiger partial charge in [0.05, 0.1) is 16.7 Å². The van der Waals surface area contributed by atoms with Crippen molar-refractivity contribution in [1.82, 2.24) is 4.57 Å². The number of aromatic nitrogens is 1. The van der Waals surface area contributed by atoms with E-state index in [0.717, 1.165) is 33.9 Å². The average molecular weight is 841 g/mol. The molecule has 0 unspecified atom stereocenters. The van der Waals surface area contributed by atoms with Gasteiger partial charge in [0, 0.05) is 33.4 Å². The Hall–Kier alpha value is -8.72. The predicted molar refractivity (Wildman–Crippen MR) is 280 cm³/mol. The summed E-state index contributed by atoms with van der Waals surface area (Å²) in [6.45, 7) is 0. The molecule has 0 bridgehead atoms. The molecule has 0 saturated heterocycles. The molecule has 0 fully saturated rings. The highest BCUT2D eigenvalue weighted by Crippen LogP contribution is 2.41. The molecule has 12 aromatic rings. The zero-order valence-corrected chi connectivity index (χ0v) is 36.3. The Morgan fingerprint density at radius 1 is 0.242 bits per heavy atom. The van der Waals surface area contributed by atoms with Gasteiger partial charge in [-0.05, 0) is 134 Å². The van der Waals surface area contributed by atoms with E-state index in [1.165, 1.54) is 77.1 Å². The minimum absolute atomic E-state index is 1.08. The third-order valence-corrected chi connectivity index (χ3v) is 13.0. The number of hydrogen-bond donors (Lipinski definition) is 0. The van der Waals surface area contributed by atoms with Gasteiger partial charge in [-0.25, -0.2) is 0 Å². The quantitative estimate of drug-likeness (QED) is 0.141. The van der Waals surface area contributed by atoms with Gasteiger partial charge in [-0.3, -0.25) is 0 Å². The first-order chi connectivity index (χ1) is 32.7. The van der Waals surface area contributed by atoms with Crippen LogP contribution in [0.25, 0.3) is 93.9 Å². The highest BCUT2D eigenvalue weighted by atomic mass is 15.1. The molecule has 310 valence electrons. The van der Waals surface area contributed by atoms with Crippen molar-refractivity contribution in [3.63, 3.8) is 0 Å². The van der Waals surface area contributed by atoms with Crippen LogP contribution in [0.15, 0.2) is 267 Å². The Bertz CT molecular complexity index is 3640. The van der Waals surface area contributed by atoms with E-state index in [9.17, 15) is 0 Å². The van der Waals surface area contributed by atoms with Crippen LogP contribution in [0.4, 0.5) is 17.1 Å². The van der Waals surface area contributed by atoms with Gasteiger partial charge in [0.25, 0.3) is 0 Å². The summed E-state index contributed by atoms with van der Waals surface area (Å²) in [5.74, 6) is 0. The van der Waals surface area contributed by atoms with Gasteiger partial charge in [0.1, 0.15) is 0 Å². The minimum Gasteiger partial charge on any atom is -0.310 e. The molecule has 0 radical (unpaired) electrons. The zero-order chi connectivity index (χ0) is 43.8. The van der Waals surface area contributed by atoms with Gasteiger partial charge in [-0.15, -0.1) is 0 Å². The molecule has 0 atom stereocenters. The summed E-state index contributed by atoms with van der Waals surface area (Å²) < 4.78 is 2.41. The number of benzene rings is 11. The van der Waals surface area contributed by atoms with Crippen LogP contribution in [0.3, 0.4) is 0 Å². The second-order valence-corrected chi connectivity index (χ2v) is 17.0. The van der Waals surface area contributed by atoms with Gasteiger partial charge < -0.3 is 9.47 Å². The van der Waals surface area contributed by atoms with Crippen molar-refractivity contribution in [2.24, 2.45) is 0 Å². The third kappa shape index (κ3) is 7.21. The molecule has 0 aliphatic rings. The second-order valence-electron chi connectivity index (χ2n) is 17.0.